The lowest BCUT2D eigenvalue weighted by molar-refractivity contribution is 0.668. The Labute approximate surface area is 112 Å². The van der Waals surface area contributed by atoms with E-state index in [1.165, 1.54) is 0 Å². The van der Waals surface area contributed by atoms with Crippen molar-refractivity contribution in [3.8, 4) is 0 Å². The third kappa shape index (κ3) is 2.56. The van der Waals surface area contributed by atoms with Crippen LogP contribution in [0.4, 0.5) is 0 Å². The third-order valence-electron chi connectivity index (χ3n) is 2.73. The largest absolute Gasteiger partial charge is 0.388 e. The Hall–Kier alpha value is -1.75. The highest BCUT2D eigenvalue weighted by Gasteiger charge is 2.11. The van der Waals surface area contributed by atoms with Gasteiger partial charge in [0.2, 0.25) is 0 Å². The number of nitrogens with zero attached hydrogens (tertiary/aromatic N) is 3. The molecule has 2 rings (SSSR count). The predicted molar refractivity (Wildman–Crippen MR) is 75.5 cm³/mol. The molecular formula is C13H16N4S. The minimum absolute atomic E-state index is 0.330. The molecule has 0 atom stereocenters. The molecule has 2 aromatic heterocycles. The van der Waals surface area contributed by atoms with Gasteiger partial charge in [-0.05, 0) is 6.07 Å². The third-order valence-corrected chi connectivity index (χ3v) is 2.92. The molecule has 2 heterocycles. The molecule has 0 unspecified atom stereocenters. The van der Waals surface area contributed by atoms with Gasteiger partial charge in [-0.25, -0.2) is 4.98 Å². The molecule has 0 amide bonds. The van der Waals surface area contributed by atoms with Gasteiger partial charge in [0.25, 0.3) is 0 Å². The minimum Gasteiger partial charge on any atom is -0.388 e. The topological polar surface area (TPSA) is 56.7 Å². The van der Waals surface area contributed by atoms with E-state index in [2.05, 4.69) is 28.4 Å². The van der Waals surface area contributed by atoms with Crippen LogP contribution in [0.1, 0.15) is 36.8 Å². The molecule has 0 saturated heterocycles. The first-order valence-corrected chi connectivity index (χ1v) is 6.25. The summed E-state index contributed by atoms with van der Waals surface area (Å²) in [5.74, 6) is 1.43. The van der Waals surface area contributed by atoms with Crippen molar-refractivity contribution in [3.05, 3.63) is 47.8 Å². The lowest BCUT2D eigenvalue weighted by Gasteiger charge is -2.12. The van der Waals surface area contributed by atoms with Crippen LogP contribution >= 0.6 is 12.2 Å². The molecule has 2 N–H and O–H groups in total. The van der Waals surface area contributed by atoms with Gasteiger partial charge in [0.1, 0.15) is 16.5 Å². The molecule has 0 aliphatic carbocycles. The minimum atomic E-state index is 0.330. The van der Waals surface area contributed by atoms with Gasteiger partial charge in [0.15, 0.2) is 0 Å². The molecule has 0 radical (unpaired) electrons. The van der Waals surface area contributed by atoms with Gasteiger partial charge in [0.05, 0.1) is 6.54 Å². The fraction of sp³-hybridized carbons (Fsp3) is 0.308. The summed E-state index contributed by atoms with van der Waals surface area (Å²) in [6.45, 7) is 4.93. The van der Waals surface area contributed by atoms with Gasteiger partial charge < -0.3 is 10.3 Å². The lowest BCUT2D eigenvalue weighted by atomic mass is 10.1. The first kappa shape index (κ1) is 12.7. The van der Waals surface area contributed by atoms with Crippen LogP contribution in [0.25, 0.3) is 0 Å². The SMILES string of the molecule is CC(C)c1nccn1Cc1cccnc1C(N)=S. The van der Waals surface area contributed by atoms with E-state index in [1.807, 2.05) is 24.5 Å². The standard InChI is InChI=1S/C13H16N4S/c1-9(2)13-16-6-7-17(13)8-10-4-3-5-15-11(10)12(14)18/h3-7,9H,8H2,1-2H3,(H2,14,18). The smallest absolute Gasteiger partial charge is 0.123 e. The van der Waals surface area contributed by atoms with Crippen molar-refractivity contribution in [2.24, 2.45) is 5.73 Å². The van der Waals surface area contributed by atoms with Crippen LogP contribution in [0.2, 0.25) is 0 Å². The molecule has 0 spiro atoms. The second-order valence-electron chi connectivity index (χ2n) is 4.44. The van der Waals surface area contributed by atoms with Crippen LogP contribution in [0.5, 0.6) is 0 Å². The Balaban J connectivity index is 2.34. The average molecular weight is 260 g/mol. The maximum atomic E-state index is 5.69. The molecule has 0 bridgehead atoms. The highest BCUT2D eigenvalue weighted by Crippen LogP contribution is 2.15. The van der Waals surface area contributed by atoms with Crippen LogP contribution in [0.3, 0.4) is 0 Å². The van der Waals surface area contributed by atoms with Crippen molar-refractivity contribution in [1.29, 1.82) is 0 Å². The molecular weight excluding hydrogens is 244 g/mol. The number of hydrogen-bond acceptors (Lipinski definition) is 3. The van der Waals surface area contributed by atoms with Gasteiger partial charge in [-0.2, -0.15) is 0 Å². The lowest BCUT2D eigenvalue weighted by Crippen LogP contribution is -2.16. The molecule has 0 aromatic carbocycles. The van der Waals surface area contributed by atoms with E-state index in [-0.39, 0.29) is 0 Å². The van der Waals surface area contributed by atoms with Crippen molar-refractivity contribution in [2.45, 2.75) is 26.3 Å². The van der Waals surface area contributed by atoms with E-state index in [0.29, 0.717) is 23.1 Å². The summed E-state index contributed by atoms with van der Waals surface area (Å²) >= 11 is 5.02. The summed E-state index contributed by atoms with van der Waals surface area (Å²) in [5, 5.41) is 0. The number of pyridine rings is 1. The Morgan fingerprint density at radius 1 is 1.39 bits per heavy atom. The molecule has 0 saturated carbocycles. The molecule has 2 aromatic rings. The fourth-order valence-corrected chi connectivity index (χ4v) is 2.11. The second kappa shape index (κ2) is 5.27. The first-order valence-electron chi connectivity index (χ1n) is 5.84. The zero-order valence-electron chi connectivity index (χ0n) is 10.5. The molecule has 18 heavy (non-hydrogen) atoms. The van der Waals surface area contributed by atoms with Crippen molar-refractivity contribution in [3.63, 3.8) is 0 Å². The molecule has 0 fully saturated rings. The van der Waals surface area contributed by atoms with Crippen molar-refractivity contribution < 1.29 is 0 Å². The number of thiocarbonyl (C=S) groups is 1. The Kier molecular flexibility index (Phi) is 3.72. The normalized spacial score (nSPS) is 10.8. The van der Waals surface area contributed by atoms with E-state index in [9.17, 15) is 0 Å². The average Bonchev–Trinajstić information content (AvgIpc) is 2.77. The van der Waals surface area contributed by atoms with E-state index in [4.69, 9.17) is 18.0 Å². The molecule has 0 aliphatic heterocycles. The first-order chi connectivity index (χ1) is 8.59. The summed E-state index contributed by atoms with van der Waals surface area (Å²) < 4.78 is 2.10. The number of aromatic nitrogens is 3. The second-order valence-corrected chi connectivity index (χ2v) is 4.88. The Morgan fingerprint density at radius 3 is 2.83 bits per heavy atom. The molecule has 94 valence electrons. The summed E-state index contributed by atoms with van der Waals surface area (Å²) in [5.41, 5.74) is 7.39. The highest BCUT2D eigenvalue weighted by molar-refractivity contribution is 7.80. The van der Waals surface area contributed by atoms with Crippen molar-refractivity contribution in [2.75, 3.05) is 0 Å². The van der Waals surface area contributed by atoms with Crippen LogP contribution in [0.15, 0.2) is 30.7 Å². The number of imidazole rings is 1. The van der Waals surface area contributed by atoms with Crippen LogP contribution in [-0.2, 0) is 6.54 Å². The quantitative estimate of drug-likeness (QED) is 0.855. The van der Waals surface area contributed by atoms with Crippen molar-refractivity contribution >= 4 is 17.2 Å². The summed E-state index contributed by atoms with van der Waals surface area (Å²) in [6.07, 6.45) is 5.48. The van der Waals surface area contributed by atoms with Gasteiger partial charge in [-0.15, -0.1) is 0 Å². The fourth-order valence-electron chi connectivity index (χ4n) is 1.93. The number of hydrogen-bond donors (Lipinski definition) is 1. The highest BCUT2D eigenvalue weighted by atomic mass is 32.1. The summed E-state index contributed by atoms with van der Waals surface area (Å²) in [4.78, 5) is 8.93. The predicted octanol–water partition coefficient (Wildman–Crippen LogP) is 2.08. The summed E-state index contributed by atoms with van der Waals surface area (Å²) in [6, 6.07) is 3.88. The Bertz CT molecular complexity index is 560. The molecule has 0 aliphatic rings. The molecule has 4 nitrogen and oxygen atoms in total. The zero-order chi connectivity index (χ0) is 13.1. The maximum Gasteiger partial charge on any atom is 0.123 e. The molecule has 5 heteroatoms. The van der Waals surface area contributed by atoms with Gasteiger partial charge in [0, 0.05) is 30.1 Å². The summed E-state index contributed by atoms with van der Waals surface area (Å²) in [7, 11) is 0. The number of nitrogens with two attached hydrogens (primary N) is 1. The van der Waals surface area contributed by atoms with E-state index >= 15 is 0 Å². The Morgan fingerprint density at radius 2 is 2.17 bits per heavy atom. The van der Waals surface area contributed by atoms with Crippen LogP contribution < -0.4 is 5.73 Å². The monoisotopic (exact) mass is 260 g/mol. The maximum absolute atomic E-state index is 5.69. The van der Waals surface area contributed by atoms with Crippen LogP contribution in [-0.4, -0.2) is 19.5 Å². The number of rotatable bonds is 4. The van der Waals surface area contributed by atoms with Crippen molar-refractivity contribution in [1.82, 2.24) is 14.5 Å². The van der Waals surface area contributed by atoms with E-state index in [1.54, 1.807) is 6.20 Å². The van der Waals surface area contributed by atoms with Gasteiger partial charge in [-0.1, -0.05) is 32.1 Å². The zero-order valence-corrected chi connectivity index (χ0v) is 11.3. The van der Waals surface area contributed by atoms with Gasteiger partial charge >= 0.3 is 0 Å². The van der Waals surface area contributed by atoms with Gasteiger partial charge in [-0.3, -0.25) is 4.98 Å². The van der Waals surface area contributed by atoms with E-state index in [0.717, 1.165) is 11.4 Å². The van der Waals surface area contributed by atoms with E-state index < -0.39 is 0 Å². The van der Waals surface area contributed by atoms with Crippen LogP contribution in [0, 0.1) is 0 Å².